The van der Waals surface area contributed by atoms with Crippen LogP contribution < -0.4 is 4.74 Å². The second-order valence-electron chi connectivity index (χ2n) is 4.25. The summed E-state index contributed by atoms with van der Waals surface area (Å²) in [5.41, 5.74) is 0. The lowest BCUT2D eigenvalue weighted by molar-refractivity contribution is 0.251. The van der Waals surface area contributed by atoms with Crippen molar-refractivity contribution in [3.63, 3.8) is 0 Å². The van der Waals surface area contributed by atoms with Crippen molar-refractivity contribution in [2.45, 2.75) is 19.8 Å². The van der Waals surface area contributed by atoms with Gasteiger partial charge in [-0.05, 0) is 40.5 Å². The highest BCUT2D eigenvalue weighted by molar-refractivity contribution is 9.10. The first-order valence-corrected chi connectivity index (χ1v) is 9.09. The van der Waals surface area contributed by atoms with Gasteiger partial charge in [-0.1, -0.05) is 13.3 Å². The molecule has 1 atom stereocenters. The Morgan fingerprint density at radius 2 is 2.16 bits per heavy atom. The van der Waals surface area contributed by atoms with E-state index in [1.54, 1.807) is 0 Å². The lowest BCUT2D eigenvalue weighted by Gasteiger charge is -2.16. The van der Waals surface area contributed by atoms with Gasteiger partial charge in [0.15, 0.2) is 0 Å². The van der Waals surface area contributed by atoms with Gasteiger partial charge in [-0.25, -0.2) is 12.8 Å². The summed E-state index contributed by atoms with van der Waals surface area (Å²) >= 11 is 3.19. The molecule has 0 fully saturated rings. The molecule has 7 heteroatoms. The summed E-state index contributed by atoms with van der Waals surface area (Å²) in [5, 5.41) is 0. The number of benzene rings is 1. The van der Waals surface area contributed by atoms with E-state index in [4.69, 9.17) is 15.4 Å². The second kappa shape index (κ2) is 7.45. The molecule has 0 N–H and O–H groups in total. The van der Waals surface area contributed by atoms with E-state index in [0.717, 1.165) is 6.42 Å². The van der Waals surface area contributed by atoms with E-state index in [1.165, 1.54) is 18.2 Å². The van der Waals surface area contributed by atoms with E-state index >= 15 is 0 Å². The van der Waals surface area contributed by atoms with Crippen LogP contribution in [0.3, 0.4) is 0 Å². The molecule has 1 aromatic rings. The summed E-state index contributed by atoms with van der Waals surface area (Å²) in [4.78, 5) is 0. The molecule has 1 rings (SSSR count). The van der Waals surface area contributed by atoms with Crippen molar-refractivity contribution in [1.29, 1.82) is 0 Å². The van der Waals surface area contributed by atoms with Gasteiger partial charge in [0.05, 0.1) is 16.8 Å². The first-order chi connectivity index (χ1) is 8.81. The maximum absolute atomic E-state index is 12.9. The third kappa shape index (κ3) is 6.58. The molecule has 1 aromatic carbocycles. The lowest BCUT2D eigenvalue weighted by Crippen LogP contribution is -2.19. The van der Waals surface area contributed by atoms with Gasteiger partial charge >= 0.3 is 0 Å². The van der Waals surface area contributed by atoms with Crippen molar-refractivity contribution in [2.24, 2.45) is 5.92 Å². The van der Waals surface area contributed by atoms with Gasteiger partial charge < -0.3 is 4.74 Å². The van der Waals surface area contributed by atoms with Gasteiger partial charge in [0.25, 0.3) is 0 Å². The molecular formula is C12H15BrClFO3S. The molecule has 3 nitrogen and oxygen atoms in total. The van der Waals surface area contributed by atoms with Crippen LogP contribution in [0.25, 0.3) is 0 Å². The summed E-state index contributed by atoms with van der Waals surface area (Å²) < 4.78 is 41.1. The Morgan fingerprint density at radius 3 is 2.68 bits per heavy atom. The summed E-state index contributed by atoms with van der Waals surface area (Å²) in [6.45, 7) is 2.19. The minimum atomic E-state index is -3.55. The fraction of sp³-hybridized carbons (Fsp3) is 0.500. The predicted molar refractivity (Wildman–Crippen MR) is 77.6 cm³/mol. The molecule has 0 spiro atoms. The zero-order valence-electron chi connectivity index (χ0n) is 10.4. The molecule has 0 amide bonds. The molecule has 1 unspecified atom stereocenters. The van der Waals surface area contributed by atoms with E-state index in [1.807, 2.05) is 6.92 Å². The Bertz CT molecular complexity index is 522. The van der Waals surface area contributed by atoms with E-state index in [2.05, 4.69) is 15.9 Å². The van der Waals surface area contributed by atoms with Crippen LogP contribution in [-0.4, -0.2) is 20.8 Å². The van der Waals surface area contributed by atoms with Crippen LogP contribution in [0.15, 0.2) is 22.7 Å². The van der Waals surface area contributed by atoms with Crippen molar-refractivity contribution in [2.75, 3.05) is 12.4 Å². The molecule has 108 valence electrons. The first-order valence-electron chi connectivity index (χ1n) is 5.82. The van der Waals surface area contributed by atoms with Crippen molar-refractivity contribution in [1.82, 2.24) is 0 Å². The monoisotopic (exact) mass is 372 g/mol. The molecule has 19 heavy (non-hydrogen) atoms. The number of halogens is 3. The fourth-order valence-corrected chi connectivity index (χ4v) is 3.53. The number of hydrogen-bond acceptors (Lipinski definition) is 3. The molecule has 0 bridgehead atoms. The summed E-state index contributed by atoms with van der Waals surface area (Å²) in [5.74, 6) is -0.187. The standard InChI is InChI=1S/C12H15BrClFO3S/c1-2-3-9(8-19(14,16)17)7-18-12-5-4-10(15)6-11(12)13/h4-6,9H,2-3,7-8H2,1H3. The Hall–Kier alpha value is -0.330. The SMILES string of the molecule is CCCC(COc1ccc(F)cc1Br)CS(=O)(=O)Cl. The molecule has 0 aromatic heterocycles. The van der Waals surface area contributed by atoms with Crippen molar-refractivity contribution in [3.8, 4) is 5.75 Å². The molecule has 0 aliphatic rings. The first kappa shape index (κ1) is 16.7. The number of hydrogen-bond donors (Lipinski definition) is 0. The minimum Gasteiger partial charge on any atom is -0.492 e. The third-order valence-corrected chi connectivity index (χ3v) is 4.37. The second-order valence-corrected chi connectivity index (χ2v) is 7.92. The fourth-order valence-electron chi connectivity index (χ4n) is 1.70. The van der Waals surface area contributed by atoms with Crippen molar-refractivity contribution in [3.05, 3.63) is 28.5 Å². The van der Waals surface area contributed by atoms with Crippen LogP contribution in [0, 0.1) is 11.7 Å². The van der Waals surface area contributed by atoms with E-state index < -0.39 is 9.05 Å². The van der Waals surface area contributed by atoms with Gasteiger partial charge in [0.1, 0.15) is 11.6 Å². The third-order valence-electron chi connectivity index (χ3n) is 2.50. The zero-order chi connectivity index (χ0) is 14.5. The summed E-state index contributed by atoms with van der Waals surface area (Å²) in [6.07, 6.45) is 1.54. The quantitative estimate of drug-likeness (QED) is 0.680. The Morgan fingerprint density at radius 1 is 1.47 bits per heavy atom. The largest absolute Gasteiger partial charge is 0.492 e. The van der Waals surface area contributed by atoms with Crippen LogP contribution >= 0.6 is 26.6 Å². The average Bonchev–Trinajstić information content (AvgIpc) is 2.26. The van der Waals surface area contributed by atoms with E-state index in [-0.39, 0.29) is 24.1 Å². The van der Waals surface area contributed by atoms with Gasteiger partial charge in [-0.3, -0.25) is 0 Å². The molecule has 0 aliphatic heterocycles. The van der Waals surface area contributed by atoms with Crippen LogP contribution in [-0.2, 0) is 9.05 Å². The molecule has 0 heterocycles. The topological polar surface area (TPSA) is 43.4 Å². The Balaban J connectivity index is 2.65. The van der Waals surface area contributed by atoms with E-state index in [9.17, 15) is 12.8 Å². The Labute approximate surface area is 125 Å². The van der Waals surface area contributed by atoms with Crippen LogP contribution in [0.4, 0.5) is 4.39 Å². The molecule has 0 saturated carbocycles. The minimum absolute atomic E-state index is 0.124. The summed E-state index contributed by atoms with van der Waals surface area (Å²) in [6, 6.07) is 4.08. The van der Waals surface area contributed by atoms with Crippen molar-refractivity contribution < 1.29 is 17.5 Å². The van der Waals surface area contributed by atoms with E-state index in [0.29, 0.717) is 16.6 Å². The molecule has 0 saturated heterocycles. The van der Waals surface area contributed by atoms with Crippen LogP contribution in [0.5, 0.6) is 5.75 Å². The highest BCUT2D eigenvalue weighted by Crippen LogP contribution is 2.26. The lowest BCUT2D eigenvalue weighted by atomic mass is 10.1. The maximum atomic E-state index is 12.9. The average molecular weight is 374 g/mol. The number of ether oxygens (including phenoxy) is 1. The normalized spacial score (nSPS) is 13.3. The molecule has 0 aliphatic carbocycles. The van der Waals surface area contributed by atoms with Gasteiger partial charge in [0, 0.05) is 16.6 Å². The predicted octanol–water partition coefficient (Wildman–Crippen LogP) is 3.95. The van der Waals surface area contributed by atoms with Gasteiger partial charge in [-0.15, -0.1) is 0 Å². The highest BCUT2D eigenvalue weighted by Gasteiger charge is 2.17. The number of rotatable bonds is 7. The Kier molecular flexibility index (Phi) is 6.56. The van der Waals surface area contributed by atoms with Crippen molar-refractivity contribution >= 4 is 35.7 Å². The smallest absolute Gasteiger partial charge is 0.232 e. The molecular weight excluding hydrogens is 359 g/mol. The van der Waals surface area contributed by atoms with Gasteiger partial charge in [0.2, 0.25) is 9.05 Å². The zero-order valence-corrected chi connectivity index (χ0v) is 13.6. The molecule has 0 radical (unpaired) electrons. The van der Waals surface area contributed by atoms with Crippen LogP contribution in [0.1, 0.15) is 19.8 Å². The van der Waals surface area contributed by atoms with Gasteiger partial charge in [-0.2, -0.15) is 0 Å². The maximum Gasteiger partial charge on any atom is 0.232 e. The summed E-state index contributed by atoms with van der Waals surface area (Å²) in [7, 11) is 1.71. The van der Waals surface area contributed by atoms with Crippen LogP contribution in [0.2, 0.25) is 0 Å². The highest BCUT2D eigenvalue weighted by atomic mass is 79.9.